The minimum absolute atomic E-state index is 0.0877. The average Bonchev–Trinajstić information content (AvgIpc) is 2.95. The van der Waals surface area contributed by atoms with Gasteiger partial charge in [-0.25, -0.2) is 9.97 Å². The summed E-state index contributed by atoms with van der Waals surface area (Å²) in [5.74, 6) is -0.130. The highest BCUT2D eigenvalue weighted by atomic mass is 32.1. The molecule has 20 heavy (non-hydrogen) atoms. The number of nitrogens with two attached hydrogens (primary N) is 1. The second kappa shape index (κ2) is 4.52. The zero-order valence-electron chi connectivity index (χ0n) is 11.2. The molecule has 2 N–H and O–H groups in total. The van der Waals surface area contributed by atoms with Crippen LogP contribution in [0.4, 0.5) is 5.82 Å². The molecule has 7 heteroatoms. The Morgan fingerprint density at radius 2 is 1.90 bits per heavy atom. The SMILES string of the molecule is CC1C(=O)N(Cc2nc(N)c3ccsc3n2)C(=O)C1C. The highest BCUT2D eigenvalue weighted by Crippen LogP contribution is 2.28. The lowest BCUT2D eigenvalue weighted by Gasteiger charge is -2.13. The van der Waals surface area contributed by atoms with Gasteiger partial charge in [-0.15, -0.1) is 11.3 Å². The molecule has 1 aliphatic rings. The summed E-state index contributed by atoms with van der Waals surface area (Å²) in [7, 11) is 0. The largest absolute Gasteiger partial charge is 0.383 e. The van der Waals surface area contributed by atoms with Crippen molar-refractivity contribution in [2.45, 2.75) is 20.4 Å². The van der Waals surface area contributed by atoms with Crippen LogP contribution in [0.2, 0.25) is 0 Å². The van der Waals surface area contributed by atoms with Gasteiger partial charge >= 0.3 is 0 Å². The molecule has 0 spiro atoms. The number of carbonyl (C=O) groups is 2. The van der Waals surface area contributed by atoms with Gasteiger partial charge in [-0.3, -0.25) is 14.5 Å². The van der Waals surface area contributed by atoms with Gasteiger partial charge in [-0.05, 0) is 11.4 Å². The van der Waals surface area contributed by atoms with E-state index in [1.807, 2.05) is 11.4 Å². The fraction of sp³-hybridized carbons (Fsp3) is 0.385. The average molecular weight is 290 g/mol. The number of fused-ring (bicyclic) bond motifs is 1. The molecule has 0 aliphatic carbocycles. The van der Waals surface area contributed by atoms with E-state index >= 15 is 0 Å². The predicted molar refractivity (Wildman–Crippen MR) is 75.7 cm³/mol. The van der Waals surface area contributed by atoms with E-state index in [1.165, 1.54) is 16.2 Å². The monoisotopic (exact) mass is 290 g/mol. The van der Waals surface area contributed by atoms with Crippen LogP contribution < -0.4 is 5.73 Å². The summed E-state index contributed by atoms with van der Waals surface area (Å²) in [5, 5.41) is 2.69. The smallest absolute Gasteiger partial charge is 0.233 e. The second-order valence-corrected chi connectivity index (χ2v) is 5.90. The van der Waals surface area contributed by atoms with Gasteiger partial charge in [0.05, 0.1) is 11.9 Å². The van der Waals surface area contributed by atoms with Crippen LogP contribution in [0.3, 0.4) is 0 Å². The molecule has 6 nitrogen and oxygen atoms in total. The molecule has 2 unspecified atom stereocenters. The maximum atomic E-state index is 12.0. The summed E-state index contributed by atoms with van der Waals surface area (Å²) in [6.07, 6.45) is 0. The van der Waals surface area contributed by atoms with Gasteiger partial charge in [0.1, 0.15) is 10.6 Å². The molecule has 3 heterocycles. The molecule has 0 radical (unpaired) electrons. The van der Waals surface area contributed by atoms with Crippen LogP contribution >= 0.6 is 11.3 Å². The number of hydrogen-bond acceptors (Lipinski definition) is 6. The zero-order valence-corrected chi connectivity index (χ0v) is 12.0. The molecule has 2 amide bonds. The summed E-state index contributed by atoms with van der Waals surface area (Å²) in [4.78, 5) is 34.6. The van der Waals surface area contributed by atoms with E-state index in [0.29, 0.717) is 11.6 Å². The van der Waals surface area contributed by atoms with Crippen LogP contribution in [0.1, 0.15) is 19.7 Å². The van der Waals surface area contributed by atoms with Gasteiger partial charge < -0.3 is 5.73 Å². The van der Waals surface area contributed by atoms with Crippen LogP contribution in [0.15, 0.2) is 11.4 Å². The molecule has 104 valence electrons. The molecular weight excluding hydrogens is 276 g/mol. The molecule has 1 fully saturated rings. The fourth-order valence-corrected chi connectivity index (χ4v) is 3.11. The van der Waals surface area contributed by atoms with Crippen molar-refractivity contribution in [1.82, 2.24) is 14.9 Å². The highest BCUT2D eigenvalue weighted by molar-refractivity contribution is 7.16. The Labute approximate surface area is 119 Å². The molecule has 1 saturated heterocycles. The maximum Gasteiger partial charge on any atom is 0.233 e. The van der Waals surface area contributed by atoms with Gasteiger partial charge in [0.15, 0.2) is 5.82 Å². The highest BCUT2D eigenvalue weighted by Gasteiger charge is 2.42. The number of nitrogens with zero attached hydrogens (tertiary/aromatic N) is 3. The van der Waals surface area contributed by atoms with E-state index in [1.54, 1.807) is 13.8 Å². The van der Waals surface area contributed by atoms with Crippen molar-refractivity contribution < 1.29 is 9.59 Å². The number of thiophene rings is 1. The minimum Gasteiger partial charge on any atom is -0.383 e. The summed E-state index contributed by atoms with van der Waals surface area (Å²) in [6, 6.07) is 1.86. The lowest BCUT2D eigenvalue weighted by atomic mass is 10.00. The summed E-state index contributed by atoms with van der Waals surface area (Å²) >= 11 is 1.46. The number of carbonyl (C=O) groups excluding carboxylic acids is 2. The minimum atomic E-state index is -0.287. The Bertz CT molecular complexity index is 691. The van der Waals surface area contributed by atoms with Crippen molar-refractivity contribution in [3.8, 4) is 0 Å². The fourth-order valence-electron chi connectivity index (χ4n) is 2.32. The molecule has 0 bridgehead atoms. The van der Waals surface area contributed by atoms with Crippen LogP contribution in [-0.4, -0.2) is 26.7 Å². The first-order valence-corrected chi connectivity index (χ1v) is 7.22. The second-order valence-electron chi connectivity index (χ2n) is 5.00. The van der Waals surface area contributed by atoms with E-state index in [4.69, 9.17) is 5.73 Å². The van der Waals surface area contributed by atoms with Crippen molar-refractivity contribution in [2.24, 2.45) is 11.8 Å². The first kappa shape index (κ1) is 13.0. The van der Waals surface area contributed by atoms with E-state index in [0.717, 1.165) is 10.2 Å². The molecule has 1 aliphatic heterocycles. The number of aromatic nitrogens is 2. The van der Waals surface area contributed by atoms with Crippen molar-refractivity contribution in [2.75, 3.05) is 5.73 Å². The molecule has 2 aromatic heterocycles. The molecule has 2 atom stereocenters. The summed E-state index contributed by atoms with van der Waals surface area (Å²) < 4.78 is 0. The lowest BCUT2D eigenvalue weighted by Crippen LogP contribution is -2.31. The summed E-state index contributed by atoms with van der Waals surface area (Å²) in [6.45, 7) is 3.62. The Morgan fingerprint density at radius 1 is 1.25 bits per heavy atom. The number of rotatable bonds is 2. The van der Waals surface area contributed by atoms with E-state index in [2.05, 4.69) is 9.97 Å². The third kappa shape index (κ3) is 1.85. The third-order valence-electron chi connectivity index (χ3n) is 3.76. The standard InChI is InChI=1S/C13H14N4O2S/c1-6-7(2)13(19)17(12(6)18)5-9-15-10(14)8-3-4-20-11(8)16-9/h3-4,6-7H,5H2,1-2H3,(H2,14,15,16). The van der Waals surface area contributed by atoms with Crippen molar-refractivity contribution in [3.05, 3.63) is 17.3 Å². The first-order valence-electron chi connectivity index (χ1n) is 6.34. The molecule has 3 rings (SSSR count). The number of imide groups is 1. The molecule has 0 saturated carbocycles. The Kier molecular flexibility index (Phi) is 2.93. The molecular formula is C13H14N4O2S. The van der Waals surface area contributed by atoms with Crippen LogP contribution in [0, 0.1) is 11.8 Å². The van der Waals surface area contributed by atoms with Gasteiger partial charge in [-0.2, -0.15) is 0 Å². The third-order valence-corrected chi connectivity index (χ3v) is 4.57. The molecule has 0 aromatic carbocycles. The van der Waals surface area contributed by atoms with Gasteiger partial charge in [0.2, 0.25) is 11.8 Å². The van der Waals surface area contributed by atoms with E-state index < -0.39 is 0 Å². The topological polar surface area (TPSA) is 89.2 Å². The quantitative estimate of drug-likeness (QED) is 0.845. The Hall–Kier alpha value is -2.02. The van der Waals surface area contributed by atoms with Gasteiger partial charge in [0.25, 0.3) is 0 Å². The van der Waals surface area contributed by atoms with Crippen LogP contribution in [-0.2, 0) is 16.1 Å². The maximum absolute atomic E-state index is 12.0. The number of anilines is 1. The predicted octanol–water partition coefficient (Wildman–Crippen LogP) is 1.41. The Morgan fingerprint density at radius 3 is 2.55 bits per heavy atom. The Balaban J connectivity index is 1.93. The zero-order chi connectivity index (χ0) is 14.4. The number of hydrogen-bond donors (Lipinski definition) is 1. The number of amides is 2. The van der Waals surface area contributed by atoms with Crippen LogP contribution in [0.5, 0.6) is 0 Å². The summed E-state index contributed by atoms with van der Waals surface area (Å²) in [5.41, 5.74) is 5.87. The number of nitrogen functional groups attached to an aromatic ring is 1. The normalized spacial score (nSPS) is 23.0. The van der Waals surface area contributed by atoms with Crippen LogP contribution in [0.25, 0.3) is 10.2 Å². The van der Waals surface area contributed by atoms with Crippen molar-refractivity contribution in [3.63, 3.8) is 0 Å². The first-order chi connectivity index (χ1) is 9.49. The van der Waals surface area contributed by atoms with Crippen molar-refractivity contribution in [1.29, 1.82) is 0 Å². The van der Waals surface area contributed by atoms with Gasteiger partial charge in [-0.1, -0.05) is 13.8 Å². The molecule has 2 aromatic rings. The van der Waals surface area contributed by atoms with E-state index in [9.17, 15) is 9.59 Å². The van der Waals surface area contributed by atoms with E-state index in [-0.39, 0.29) is 30.2 Å². The lowest BCUT2D eigenvalue weighted by molar-refractivity contribution is -0.140. The number of likely N-dealkylation sites (tertiary alicyclic amines) is 1. The van der Waals surface area contributed by atoms with Gasteiger partial charge in [0, 0.05) is 11.8 Å². The van der Waals surface area contributed by atoms with Crippen molar-refractivity contribution >= 4 is 39.2 Å².